The molecular weight excluding hydrogens is 496 g/mol. The second-order valence-electron chi connectivity index (χ2n) is 8.54. The zero-order valence-corrected chi connectivity index (χ0v) is 21.5. The van der Waals surface area contributed by atoms with Gasteiger partial charge in [-0.1, -0.05) is 65.2 Å². The molecular formula is C27H29BrN2O2S. The van der Waals surface area contributed by atoms with Gasteiger partial charge in [-0.2, -0.15) is 0 Å². The highest BCUT2D eigenvalue weighted by molar-refractivity contribution is 9.10. The molecule has 0 bridgehead atoms. The van der Waals surface area contributed by atoms with Gasteiger partial charge in [0, 0.05) is 28.0 Å². The molecule has 2 heterocycles. The minimum absolute atomic E-state index is 0.00289. The zero-order valence-electron chi connectivity index (χ0n) is 19.1. The zero-order chi connectivity index (χ0) is 23.4. The van der Waals surface area contributed by atoms with Crippen LogP contribution in [-0.2, 0) is 11.2 Å². The first kappa shape index (κ1) is 23.7. The molecule has 4 nitrogen and oxygen atoms in total. The van der Waals surface area contributed by atoms with Crippen molar-refractivity contribution in [2.24, 2.45) is 0 Å². The van der Waals surface area contributed by atoms with Crippen LogP contribution in [0.3, 0.4) is 0 Å². The van der Waals surface area contributed by atoms with Gasteiger partial charge in [0.2, 0.25) is 5.91 Å². The van der Waals surface area contributed by atoms with Crippen LogP contribution in [0.5, 0.6) is 0 Å². The molecule has 0 saturated heterocycles. The number of fused-ring (bicyclic) bond motifs is 1. The SMILES string of the molecule is CCCCN(CC(=O)N1CCc2sccc2C1c1ccc(C)cc1)C(=O)c1cccc(Br)c1. The number of thiophene rings is 1. The number of aryl methyl sites for hydroxylation is 1. The van der Waals surface area contributed by atoms with Crippen LogP contribution in [0.2, 0.25) is 0 Å². The maximum atomic E-state index is 13.7. The van der Waals surface area contributed by atoms with E-state index in [2.05, 4.69) is 65.5 Å². The summed E-state index contributed by atoms with van der Waals surface area (Å²) in [5.74, 6) is -0.102. The third-order valence-corrected chi connectivity index (χ3v) is 7.64. The van der Waals surface area contributed by atoms with E-state index in [1.54, 1.807) is 16.2 Å². The molecule has 1 unspecified atom stereocenters. The first-order chi connectivity index (χ1) is 16.0. The molecule has 0 N–H and O–H groups in total. The number of carbonyl (C=O) groups is 2. The predicted molar refractivity (Wildman–Crippen MR) is 138 cm³/mol. The summed E-state index contributed by atoms with van der Waals surface area (Å²) in [7, 11) is 0. The molecule has 1 atom stereocenters. The topological polar surface area (TPSA) is 40.6 Å². The van der Waals surface area contributed by atoms with E-state index in [1.165, 1.54) is 16.0 Å². The fourth-order valence-corrected chi connectivity index (χ4v) is 5.66. The Morgan fingerprint density at radius 2 is 1.94 bits per heavy atom. The van der Waals surface area contributed by atoms with Crippen LogP contribution < -0.4 is 0 Å². The fourth-order valence-electron chi connectivity index (χ4n) is 4.35. The molecule has 0 aliphatic carbocycles. The second kappa shape index (κ2) is 10.7. The Morgan fingerprint density at radius 1 is 1.15 bits per heavy atom. The molecule has 0 spiro atoms. The monoisotopic (exact) mass is 524 g/mol. The summed E-state index contributed by atoms with van der Waals surface area (Å²) in [6.07, 6.45) is 2.68. The highest BCUT2D eigenvalue weighted by atomic mass is 79.9. The maximum absolute atomic E-state index is 13.7. The fraction of sp³-hybridized carbons (Fsp3) is 0.333. The number of unbranched alkanes of at least 4 members (excludes halogenated alkanes) is 1. The van der Waals surface area contributed by atoms with Crippen LogP contribution in [0.1, 0.15) is 57.7 Å². The van der Waals surface area contributed by atoms with Crippen molar-refractivity contribution in [1.29, 1.82) is 0 Å². The minimum Gasteiger partial charge on any atom is -0.330 e. The number of carbonyl (C=O) groups excluding carboxylic acids is 2. The molecule has 33 heavy (non-hydrogen) atoms. The first-order valence-electron chi connectivity index (χ1n) is 11.4. The van der Waals surface area contributed by atoms with Gasteiger partial charge in [0.15, 0.2) is 0 Å². The average molecular weight is 526 g/mol. The van der Waals surface area contributed by atoms with Gasteiger partial charge in [-0.3, -0.25) is 9.59 Å². The van der Waals surface area contributed by atoms with Crippen LogP contribution in [-0.4, -0.2) is 41.2 Å². The molecule has 1 aliphatic rings. The molecule has 0 radical (unpaired) electrons. The number of rotatable bonds is 7. The molecule has 3 aromatic rings. The molecule has 172 valence electrons. The largest absolute Gasteiger partial charge is 0.330 e. The average Bonchev–Trinajstić information content (AvgIpc) is 3.30. The van der Waals surface area contributed by atoms with E-state index in [0.29, 0.717) is 18.7 Å². The quantitative estimate of drug-likeness (QED) is 0.367. The molecule has 1 aromatic heterocycles. The van der Waals surface area contributed by atoms with Gasteiger partial charge in [-0.05, 0) is 60.5 Å². The van der Waals surface area contributed by atoms with Crippen LogP contribution >= 0.6 is 27.3 Å². The van der Waals surface area contributed by atoms with Crippen molar-refractivity contribution in [3.63, 3.8) is 0 Å². The maximum Gasteiger partial charge on any atom is 0.254 e. The van der Waals surface area contributed by atoms with Gasteiger partial charge in [-0.15, -0.1) is 11.3 Å². The summed E-state index contributed by atoms with van der Waals surface area (Å²) in [6.45, 7) is 5.49. The summed E-state index contributed by atoms with van der Waals surface area (Å²) in [5, 5.41) is 2.12. The summed E-state index contributed by atoms with van der Waals surface area (Å²) in [4.78, 5) is 32.0. The Labute approximate surface area is 208 Å². The number of nitrogens with zero attached hydrogens (tertiary/aromatic N) is 2. The Balaban J connectivity index is 1.61. The molecule has 0 fully saturated rings. The van der Waals surface area contributed by atoms with Crippen molar-refractivity contribution in [2.75, 3.05) is 19.6 Å². The van der Waals surface area contributed by atoms with Gasteiger partial charge in [-0.25, -0.2) is 0 Å². The standard InChI is InChI=1S/C27H29BrN2O2S/c1-3-4-14-29(27(32)21-6-5-7-22(28)17-21)18-25(31)30-15-12-24-23(13-16-33-24)26(30)20-10-8-19(2)9-11-20/h5-11,13,16-17,26H,3-4,12,14-15,18H2,1-2H3. The molecule has 4 rings (SSSR count). The Kier molecular flexibility index (Phi) is 7.66. The highest BCUT2D eigenvalue weighted by Gasteiger charge is 2.34. The Bertz CT molecular complexity index is 1130. The van der Waals surface area contributed by atoms with Crippen molar-refractivity contribution in [2.45, 2.75) is 39.2 Å². The van der Waals surface area contributed by atoms with E-state index in [-0.39, 0.29) is 24.4 Å². The van der Waals surface area contributed by atoms with E-state index in [9.17, 15) is 9.59 Å². The van der Waals surface area contributed by atoms with Gasteiger partial charge < -0.3 is 9.80 Å². The van der Waals surface area contributed by atoms with Crippen LogP contribution in [0.15, 0.2) is 64.5 Å². The van der Waals surface area contributed by atoms with Gasteiger partial charge >= 0.3 is 0 Å². The summed E-state index contributed by atoms with van der Waals surface area (Å²) in [6, 6.07) is 17.9. The smallest absolute Gasteiger partial charge is 0.254 e. The molecule has 2 amide bonds. The normalized spacial score (nSPS) is 15.2. The third kappa shape index (κ3) is 5.39. The molecule has 1 aliphatic heterocycles. The van der Waals surface area contributed by atoms with Crippen molar-refractivity contribution in [3.8, 4) is 0 Å². The Morgan fingerprint density at radius 3 is 2.67 bits per heavy atom. The van der Waals surface area contributed by atoms with E-state index < -0.39 is 0 Å². The first-order valence-corrected chi connectivity index (χ1v) is 13.1. The number of benzene rings is 2. The van der Waals surface area contributed by atoms with E-state index in [4.69, 9.17) is 0 Å². The van der Waals surface area contributed by atoms with Crippen molar-refractivity contribution in [1.82, 2.24) is 9.80 Å². The van der Waals surface area contributed by atoms with Crippen molar-refractivity contribution < 1.29 is 9.59 Å². The summed E-state index contributed by atoms with van der Waals surface area (Å²) in [5.41, 5.74) is 4.12. The van der Waals surface area contributed by atoms with Crippen molar-refractivity contribution in [3.05, 3.63) is 91.6 Å². The number of amides is 2. The molecule has 0 saturated carbocycles. The lowest BCUT2D eigenvalue weighted by molar-refractivity contribution is -0.134. The lowest BCUT2D eigenvalue weighted by Crippen LogP contribution is -2.47. The van der Waals surface area contributed by atoms with Crippen molar-refractivity contribution >= 4 is 39.1 Å². The molecule has 6 heteroatoms. The number of hydrogen-bond donors (Lipinski definition) is 0. The van der Waals surface area contributed by atoms with Crippen LogP contribution in [0.25, 0.3) is 0 Å². The lowest BCUT2D eigenvalue weighted by Gasteiger charge is -2.37. The Hall–Kier alpha value is -2.44. The summed E-state index contributed by atoms with van der Waals surface area (Å²) < 4.78 is 0.857. The van der Waals surface area contributed by atoms with E-state index >= 15 is 0 Å². The minimum atomic E-state index is -0.109. The number of halogens is 1. The van der Waals surface area contributed by atoms with Crippen LogP contribution in [0.4, 0.5) is 0 Å². The van der Waals surface area contributed by atoms with Gasteiger partial charge in [0.05, 0.1) is 6.04 Å². The summed E-state index contributed by atoms with van der Waals surface area (Å²) >= 11 is 5.21. The molecule has 2 aromatic carbocycles. The van der Waals surface area contributed by atoms with E-state index in [0.717, 1.165) is 29.3 Å². The highest BCUT2D eigenvalue weighted by Crippen LogP contribution is 2.38. The second-order valence-corrected chi connectivity index (χ2v) is 10.5. The van der Waals surface area contributed by atoms with Gasteiger partial charge in [0.25, 0.3) is 5.91 Å². The predicted octanol–water partition coefficient (Wildman–Crippen LogP) is 6.24. The third-order valence-electron chi connectivity index (χ3n) is 6.15. The van der Waals surface area contributed by atoms with E-state index in [1.807, 2.05) is 29.2 Å². The lowest BCUT2D eigenvalue weighted by atomic mass is 9.92. The number of hydrogen-bond acceptors (Lipinski definition) is 3. The van der Waals surface area contributed by atoms with Gasteiger partial charge in [0.1, 0.15) is 6.54 Å². The van der Waals surface area contributed by atoms with Crippen LogP contribution in [0, 0.1) is 6.92 Å².